The van der Waals surface area contributed by atoms with Gasteiger partial charge in [-0.25, -0.2) is 4.39 Å². The topological polar surface area (TPSA) is 17.1 Å². The first-order chi connectivity index (χ1) is 8.99. The highest BCUT2D eigenvalue weighted by molar-refractivity contribution is 9.10. The number of ketones is 1. The number of hydrogen-bond acceptors (Lipinski definition) is 1. The average Bonchev–Trinajstić information content (AvgIpc) is 2.36. The Morgan fingerprint density at radius 2 is 2.05 bits per heavy atom. The largest absolute Gasteiger partial charge is 0.294 e. The lowest BCUT2D eigenvalue weighted by atomic mass is 10.0. The van der Waals surface area contributed by atoms with Crippen LogP contribution in [0, 0.1) is 12.7 Å². The number of rotatable bonds is 3. The molecule has 1 nitrogen and oxygen atoms in total. The highest BCUT2D eigenvalue weighted by Crippen LogP contribution is 2.24. The molecule has 2 aromatic carbocycles. The third-order valence-electron chi connectivity index (χ3n) is 2.86. The number of hydrogen-bond donors (Lipinski definition) is 0. The fraction of sp³-hybridized carbons (Fsp3) is 0.133. The predicted octanol–water partition coefficient (Wildman–Crippen LogP) is 4.98. The van der Waals surface area contributed by atoms with E-state index in [-0.39, 0.29) is 18.0 Å². The quantitative estimate of drug-likeness (QED) is 0.720. The Hall–Kier alpha value is -1.19. The van der Waals surface area contributed by atoms with Crippen molar-refractivity contribution in [3.63, 3.8) is 0 Å². The van der Waals surface area contributed by atoms with Crippen molar-refractivity contribution in [3.8, 4) is 0 Å². The molecule has 0 fully saturated rings. The van der Waals surface area contributed by atoms with Gasteiger partial charge in [0, 0.05) is 16.5 Å². The van der Waals surface area contributed by atoms with Gasteiger partial charge in [0.05, 0.1) is 5.02 Å². The molecule has 0 aliphatic carbocycles. The molecule has 0 saturated heterocycles. The molecule has 0 heterocycles. The summed E-state index contributed by atoms with van der Waals surface area (Å²) in [6, 6.07) is 9.64. The van der Waals surface area contributed by atoms with Crippen LogP contribution in [-0.4, -0.2) is 5.78 Å². The molecule has 2 rings (SSSR count). The standard InChI is InChI=1S/C15H11BrClFO/c1-9-3-2-4-12(15(9)17)14(19)7-10-5-6-11(18)8-13(10)16/h2-6,8H,7H2,1H3. The van der Waals surface area contributed by atoms with Crippen LogP contribution in [0.25, 0.3) is 0 Å². The minimum atomic E-state index is -0.336. The van der Waals surface area contributed by atoms with E-state index >= 15 is 0 Å². The van der Waals surface area contributed by atoms with Crippen LogP contribution >= 0.6 is 27.5 Å². The minimum Gasteiger partial charge on any atom is -0.294 e. The van der Waals surface area contributed by atoms with Gasteiger partial charge in [0.1, 0.15) is 5.82 Å². The summed E-state index contributed by atoms with van der Waals surface area (Å²) in [4.78, 5) is 12.2. The first kappa shape index (κ1) is 14.2. The lowest BCUT2D eigenvalue weighted by Gasteiger charge is -2.07. The first-order valence-electron chi connectivity index (χ1n) is 5.71. The lowest BCUT2D eigenvalue weighted by Crippen LogP contribution is -2.05. The highest BCUT2D eigenvalue weighted by Gasteiger charge is 2.14. The van der Waals surface area contributed by atoms with Gasteiger partial charge in [-0.1, -0.05) is 45.7 Å². The number of carbonyl (C=O) groups excluding carboxylic acids is 1. The molecule has 98 valence electrons. The molecular weight excluding hydrogens is 331 g/mol. The van der Waals surface area contributed by atoms with Crippen LogP contribution < -0.4 is 0 Å². The second kappa shape index (κ2) is 5.85. The van der Waals surface area contributed by atoms with E-state index < -0.39 is 0 Å². The molecule has 0 atom stereocenters. The maximum absolute atomic E-state index is 13.0. The highest BCUT2D eigenvalue weighted by atomic mass is 79.9. The molecule has 0 unspecified atom stereocenters. The molecule has 2 aromatic rings. The van der Waals surface area contributed by atoms with Crippen LogP contribution in [-0.2, 0) is 6.42 Å². The zero-order valence-electron chi connectivity index (χ0n) is 10.2. The van der Waals surface area contributed by atoms with Crippen molar-refractivity contribution in [1.29, 1.82) is 0 Å². The summed E-state index contributed by atoms with van der Waals surface area (Å²) < 4.78 is 13.6. The second-order valence-electron chi connectivity index (χ2n) is 4.27. The van der Waals surface area contributed by atoms with Crippen molar-refractivity contribution in [3.05, 3.63) is 68.4 Å². The van der Waals surface area contributed by atoms with E-state index in [1.807, 2.05) is 13.0 Å². The third kappa shape index (κ3) is 3.23. The summed E-state index contributed by atoms with van der Waals surface area (Å²) in [5.41, 5.74) is 2.10. The van der Waals surface area contributed by atoms with Crippen LogP contribution in [0.5, 0.6) is 0 Å². The van der Waals surface area contributed by atoms with Crippen molar-refractivity contribution in [2.24, 2.45) is 0 Å². The molecule has 0 amide bonds. The smallest absolute Gasteiger partial charge is 0.168 e. The Kier molecular flexibility index (Phi) is 4.38. The monoisotopic (exact) mass is 340 g/mol. The van der Waals surface area contributed by atoms with Gasteiger partial charge in [0.25, 0.3) is 0 Å². The zero-order chi connectivity index (χ0) is 14.0. The van der Waals surface area contributed by atoms with Gasteiger partial charge >= 0.3 is 0 Å². The summed E-state index contributed by atoms with van der Waals surface area (Å²) in [5.74, 6) is -0.419. The molecule has 0 radical (unpaired) electrons. The summed E-state index contributed by atoms with van der Waals surface area (Å²) in [7, 11) is 0. The molecule has 0 saturated carbocycles. The van der Waals surface area contributed by atoms with E-state index in [1.54, 1.807) is 18.2 Å². The van der Waals surface area contributed by atoms with Crippen molar-refractivity contribution >= 4 is 33.3 Å². The Labute approximate surface area is 124 Å². The molecule has 4 heteroatoms. The fourth-order valence-electron chi connectivity index (χ4n) is 1.80. The number of aryl methyl sites for hydroxylation is 1. The van der Waals surface area contributed by atoms with Crippen LogP contribution in [0.4, 0.5) is 4.39 Å². The van der Waals surface area contributed by atoms with Gasteiger partial charge in [-0.2, -0.15) is 0 Å². The number of halogens is 3. The lowest BCUT2D eigenvalue weighted by molar-refractivity contribution is 0.0993. The SMILES string of the molecule is Cc1cccc(C(=O)Cc2ccc(F)cc2Br)c1Cl. The molecular formula is C15H11BrClFO. The first-order valence-corrected chi connectivity index (χ1v) is 6.88. The second-order valence-corrected chi connectivity index (χ2v) is 5.50. The van der Waals surface area contributed by atoms with E-state index in [1.165, 1.54) is 12.1 Å². The van der Waals surface area contributed by atoms with Crippen molar-refractivity contribution in [1.82, 2.24) is 0 Å². The normalized spacial score (nSPS) is 10.5. The summed E-state index contributed by atoms with van der Waals surface area (Å²) in [5, 5.41) is 0.478. The summed E-state index contributed by atoms with van der Waals surface area (Å²) in [6.07, 6.45) is 0.185. The minimum absolute atomic E-state index is 0.0824. The summed E-state index contributed by atoms with van der Waals surface area (Å²) >= 11 is 9.38. The van der Waals surface area contributed by atoms with E-state index in [2.05, 4.69) is 15.9 Å². The van der Waals surface area contributed by atoms with Gasteiger partial charge in [-0.15, -0.1) is 0 Å². The summed E-state index contributed by atoms with van der Waals surface area (Å²) in [6.45, 7) is 1.85. The van der Waals surface area contributed by atoms with Crippen LogP contribution in [0.1, 0.15) is 21.5 Å². The van der Waals surface area contributed by atoms with Gasteiger partial charge < -0.3 is 0 Å². The van der Waals surface area contributed by atoms with Crippen molar-refractivity contribution in [2.45, 2.75) is 13.3 Å². The zero-order valence-corrected chi connectivity index (χ0v) is 12.6. The third-order valence-corrected chi connectivity index (χ3v) is 4.10. The molecule has 0 aliphatic heterocycles. The van der Waals surface area contributed by atoms with Crippen LogP contribution in [0.2, 0.25) is 5.02 Å². The van der Waals surface area contributed by atoms with Crippen molar-refractivity contribution in [2.75, 3.05) is 0 Å². The van der Waals surface area contributed by atoms with Crippen molar-refractivity contribution < 1.29 is 9.18 Å². The molecule has 19 heavy (non-hydrogen) atoms. The number of Topliss-reactive ketones (excluding diaryl/α,β-unsaturated/α-hetero) is 1. The Bertz CT molecular complexity index is 640. The fourth-order valence-corrected chi connectivity index (χ4v) is 2.52. The Balaban J connectivity index is 2.28. The molecule has 0 aromatic heterocycles. The molecule has 0 spiro atoms. The Morgan fingerprint density at radius 1 is 1.32 bits per heavy atom. The van der Waals surface area contributed by atoms with Crippen LogP contribution in [0.15, 0.2) is 40.9 Å². The van der Waals surface area contributed by atoms with Crippen LogP contribution in [0.3, 0.4) is 0 Å². The van der Waals surface area contributed by atoms with Gasteiger partial charge in [-0.3, -0.25) is 4.79 Å². The Morgan fingerprint density at radius 3 is 2.74 bits per heavy atom. The van der Waals surface area contributed by atoms with E-state index in [0.717, 1.165) is 11.1 Å². The van der Waals surface area contributed by atoms with E-state index in [9.17, 15) is 9.18 Å². The molecule has 0 bridgehead atoms. The predicted molar refractivity (Wildman–Crippen MR) is 78.3 cm³/mol. The maximum Gasteiger partial charge on any atom is 0.168 e. The van der Waals surface area contributed by atoms with Gasteiger partial charge in [0.2, 0.25) is 0 Å². The number of benzene rings is 2. The van der Waals surface area contributed by atoms with Gasteiger partial charge in [0.15, 0.2) is 5.78 Å². The van der Waals surface area contributed by atoms with E-state index in [4.69, 9.17) is 11.6 Å². The molecule has 0 N–H and O–H groups in total. The number of carbonyl (C=O) groups is 1. The molecule has 0 aliphatic rings. The average molecular weight is 342 g/mol. The van der Waals surface area contributed by atoms with E-state index in [0.29, 0.717) is 15.1 Å². The maximum atomic E-state index is 13.0. The van der Waals surface area contributed by atoms with Gasteiger partial charge in [-0.05, 0) is 36.2 Å².